The van der Waals surface area contributed by atoms with E-state index in [4.69, 9.17) is 0 Å². The maximum absolute atomic E-state index is 14.7. The van der Waals surface area contributed by atoms with Crippen LogP contribution in [0.4, 0.5) is 8.78 Å². The summed E-state index contributed by atoms with van der Waals surface area (Å²) in [5.74, 6) is -3.05. The molecule has 2 heterocycles. The van der Waals surface area contributed by atoms with Gasteiger partial charge >= 0.3 is 5.92 Å². The van der Waals surface area contributed by atoms with Crippen LogP contribution in [0, 0.1) is 0 Å². The van der Waals surface area contributed by atoms with E-state index in [1.807, 2.05) is 25.1 Å². The molecular weight excluding hydrogens is 392 g/mol. The molecule has 0 aliphatic carbocycles. The molecule has 0 amide bonds. The molecule has 0 aliphatic heterocycles. The van der Waals surface area contributed by atoms with Gasteiger partial charge in [-0.05, 0) is 41.7 Å². The number of allylic oxidation sites excluding steroid dienone is 1. The molecule has 0 saturated carbocycles. The molecular formula is C26H29F2N3. The van der Waals surface area contributed by atoms with Crippen LogP contribution in [0.5, 0.6) is 0 Å². The van der Waals surface area contributed by atoms with Crippen molar-refractivity contribution in [3.63, 3.8) is 0 Å². The highest BCUT2D eigenvalue weighted by Crippen LogP contribution is 2.30. The molecule has 0 bridgehead atoms. The molecule has 0 spiro atoms. The van der Waals surface area contributed by atoms with Gasteiger partial charge in [-0.15, -0.1) is 0 Å². The summed E-state index contributed by atoms with van der Waals surface area (Å²) in [6.45, 7) is 7.41. The number of hydrogen-bond donors (Lipinski definition) is 0. The van der Waals surface area contributed by atoms with Gasteiger partial charge < -0.3 is 4.90 Å². The molecule has 0 fully saturated rings. The number of nitrogens with zero attached hydrogens (tertiary/aromatic N) is 3. The number of likely N-dealkylation sites (N-methyl/N-ethyl adjacent to an activating group) is 1. The SMILES string of the molecule is C=C(CC)N(C)CC(F)(F)c1ccc(Cc2ncccc2-c2ccccc2CC)cn1. The lowest BCUT2D eigenvalue weighted by molar-refractivity contribution is -0.0299. The van der Waals surface area contributed by atoms with Crippen molar-refractivity contribution in [1.82, 2.24) is 14.9 Å². The first kappa shape index (κ1) is 22.6. The Morgan fingerprint density at radius 3 is 2.42 bits per heavy atom. The van der Waals surface area contributed by atoms with Crippen molar-refractivity contribution in [2.75, 3.05) is 13.6 Å². The maximum atomic E-state index is 14.7. The van der Waals surface area contributed by atoms with Crippen LogP contribution in [0.3, 0.4) is 0 Å². The number of halogens is 2. The van der Waals surface area contributed by atoms with E-state index in [1.165, 1.54) is 22.7 Å². The number of benzene rings is 1. The van der Waals surface area contributed by atoms with Gasteiger partial charge in [0.05, 0.1) is 12.2 Å². The largest absolute Gasteiger partial charge is 0.372 e. The predicted octanol–water partition coefficient (Wildman–Crippen LogP) is 6.24. The molecule has 0 N–H and O–H groups in total. The third kappa shape index (κ3) is 5.35. The first-order chi connectivity index (χ1) is 14.9. The molecule has 2 aromatic heterocycles. The van der Waals surface area contributed by atoms with E-state index in [0.29, 0.717) is 18.5 Å². The Bertz CT molecular complexity index is 1030. The Kier molecular flexibility index (Phi) is 7.16. The zero-order valence-electron chi connectivity index (χ0n) is 18.4. The summed E-state index contributed by atoms with van der Waals surface area (Å²) < 4.78 is 29.3. The van der Waals surface area contributed by atoms with E-state index < -0.39 is 12.5 Å². The van der Waals surface area contributed by atoms with Gasteiger partial charge in [0.15, 0.2) is 0 Å². The Balaban J connectivity index is 1.82. The van der Waals surface area contributed by atoms with Crippen LogP contribution in [0.2, 0.25) is 0 Å². The van der Waals surface area contributed by atoms with Crippen molar-refractivity contribution in [2.24, 2.45) is 0 Å². The second-order valence-electron chi connectivity index (χ2n) is 7.72. The van der Waals surface area contributed by atoms with Crippen LogP contribution in [0.25, 0.3) is 11.1 Å². The van der Waals surface area contributed by atoms with E-state index in [1.54, 1.807) is 19.3 Å². The van der Waals surface area contributed by atoms with Crippen LogP contribution in [0.15, 0.2) is 73.2 Å². The van der Waals surface area contributed by atoms with E-state index in [0.717, 1.165) is 28.8 Å². The molecule has 5 heteroatoms. The molecule has 0 atom stereocenters. The second kappa shape index (κ2) is 9.82. The fourth-order valence-electron chi connectivity index (χ4n) is 3.61. The van der Waals surface area contributed by atoms with E-state index in [-0.39, 0.29) is 5.69 Å². The summed E-state index contributed by atoms with van der Waals surface area (Å²) >= 11 is 0. The van der Waals surface area contributed by atoms with Crippen molar-refractivity contribution in [1.29, 1.82) is 0 Å². The van der Waals surface area contributed by atoms with Crippen LogP contribution in [0.1, 0.15) is 42.8 Å². The van der Waals surface area contributed by atoms with Crippen molar-refractivity contribution in [3.05, 3.63) is 95.7 Å². The molecule has 3 nitrogen and oxygen atoms in total. The molecule has 0 radical (unpaired) electrons. The van der Waals surface area contributed by atoms with Crippen molar-refractivity contribution >= 4 is 0 Å². The van der Waals surface area contributed by atoms with Crippen LogP contribution in [-0.2, 0) is 18.8 Å². The molecule has 3 rings (SSSR count). The number of aryl methyl sites for hydroxylation is 1. The van der Waals surface area contributed by atoms with Crippen molar-refractivity contribution in [3.8, 4) is 11.1 Å². The Labute approximate surface area is 183 Å². The lowest BCUT2D eigenvalue weighted by Crippen LogP contribution is -2.32. The van der Waals surface area contributed by atoms with Crippen LogP contribution < -0.4 is 0 Å². The zero-order valence-corrected chi connectivity index (χ0v) is 18.4. The summed E-state index contributed by atoms with van der Waals surface area (Å²) in [7, 11) is 1.63. The average molecular weight is 422 g/mol. The average Bonchev–Trinajstić information content (AvgIpc) is 2.79. The smallest absolute Gasteiger partial charge is 0.306 e. The maximum Gasteiger partial charge on any atom is 0.306 e. The predicted molar refractivity (Wildman–Crippen MR) is 122 cm³/mol. The third-order valence-electron chi connectivity index (χ3n) is 5.53. The van der Waals surface area contributed by atoms with E-state index >= 15 is 0 Å². The topological polar surface area (TPSA) is 29.0 Å². The number of rotatable bonds is 9. The summed E-state index contributed by atoms with van der Waals surface area (Å²) in [5.41, 5.74) is 5.67. The minimum absolute atomic E-state index is 0.232. The molecule has 0 aliphatic rings. The number of aromatic nitrogens is 2. The van der Waals surface area contributed by atoms with Gasteiger partial charge in [0.25, 0.3) is 0 Å². The van der Waals surface area contributed by atoms with Gasteiger partial charge in [0, 0.05) is 37.1 Å². The van der Waals surface area contributed by atoms with Gasteiger partial charge in [-0.1, -0.05) is 56.8 Å². The van der Waals surface area contributed by atoms with Crippen molar-refractivity contribution in [2.45, 2.75) is 39.0 Å². The Morgan fingerprint density at radius 1 is 1.00 bits per heavy atom. The Morgan fingerprint density at radius 2 is 1.74 bits per heavy atom. The highest BCUT2D eigenvalue weighted by atomic mass is 19.3. The number of hydrogen-bond acceptors (Lipinski definition) is 3. The fraction of sp³-hybridized carbons (Fsp3) is 0.308. The highest BCUT2D eigenvalue weighted by Gasteiger charge is 2.34. The van der Waals surface area contributed by atoms with Gasteiger partial charge in [-0.3, -0.25) is 9.97 Å². The summed E-state index contributed by atoms with van der Waals surface area (Å²) in [6, 6.07) is 15.4. The van der Waals surface area contributed by atoms with Crippen LogP contribution in [-0.4, -0.2) is 28.5 Å². The monoisotopic (exact) mass is 421 g/mol. The first-order valence-corrected chi connectivity index (χ1v) is 10.6. The van der Waals surface area contributed by atoms with E-state index in [2.05, 4.69) is 41.7 Å². The zero-order chi connectivity index (χ0) is 22.4. The second-order valence-corrected chi connectivity index (χ2v) is 7.72. The minimum Gasteiger partial charge on any atom is -0.372 e. The lowest BCUT2D eigenvalue weighted by atomic mass is 9.95. The van der Waals surface area contributed by atoms with E-state index in [9.17, 15) is 8.78 Å². The summed E-state index contributed by atoms with van der Waals surface area (Å²) in [6.07, 6.45) is 5.38. The van der Waals surface area contributed by atoms with Gasteiger partial charge in [-0.25, -0.2) is 0 Å². The lowest BCUT2D eigenvalue weighted by Gasteiger charge is -2.26. The third-order valence-corrected chi connectivity index (χ3v) is 5.53. The molecule has 162 valence electrons. The van der Waals surface area contributed by atoms with Crippen LogP contribution >= 0.6 is 0 Å². The molecule has 0 unspecified atom stereocenters. The first-order valence-electron chi connectivity index (χ1n) is 10.6. The fourth-order valence-corrected chi connectivity index (χ4v) is 3.61. The Hall–Kier alpha value is -3.08. The normalized spacial score (nSPS) is 11.4. The molecule has 1 aromatic carbocycles. The highest BCUT2D eigenvalue weighted by molar-refractivity contribution is 5.69. The standard InChI is InChI=1S/C26H29F2N3/c1-5-19(3)31(4)18-26(27,28)25-14-13-20(17-30-25)16-24-23(12-9-15-29-24)22-11-8-7-10-21(22)6-2/h7-15,17H,3,5-6,16,18H2,1-2,4H3. The summed E-state index contributed by atoms with van der Waals surface area (Å²) in [4.78, 5) is 10.1. The molecule has 0 saturated heterocycles. The van der Waals surface area contributed by atoms with Gasteiger partial charge in [0.2, 0.25) is 0 Å². The summed E-state index contributed by atoms with van der Waals surface area (Å²) in [5, 5.41) is 0. The van der Waals surface area contributed by atoms with Gasteiger partial charge in [-0.2, -0.15) is 8.78 Å². The van der Waals surface area contributed by atoms with Crippen molar-refractivity contribution < 1.29 is 8.78 Å². The minimum atomic E-state index is -3.05. The van der Waals surface area contributed by atoms with Gasteiger partial charge in [0.1, 0.15) is 5.69 Å². The molecule has 31 heavy (non-hydrogen) atoms. The number of alkyl halides is 2. The quantitative estimate of drug-likeness (QED) is 0.409. The number of pyridine rings is 2. The molecule has 3 aromatic rings.